The van der Waals surface area contributed by atoms with Gasteiger partial charge in [-0.1, -0.05) is 42.1 Å². The Bertz CT molecular complexity index is 833. The minimum absolute atomic E-state index is 0.0886. The SMILES string of the molecule is CC(COc1ccc(CC2SC(=O)NC2=O)cc1)NCC(O)CSc1ccccc1. The predicted molar refractivity (Wildman–Crippen MR) is 121 cm³/mol. The van der Waals surface area contributed by atoms with Gasteiger partial charge in [0.15, 0.2) is 0 Å². The van der Waals surface area contributed by atoms with Crippen molar-refractivity contribution in [2.45, 2.75) is 35.6 Å². The minimum Gasteiger partial charge on any atom is -0.492 e. The average Bonchev–Trinajstić information content (AvgIpc) is 3.07. The fourth-order valence-electron chi connectivity index (χ4n) is 2.85. The molecule has 1 aliphatic heterocycles. The number of hydrogen-bond acceptors (Lipinski definition) is 7. The van der Waals surface area contributed by atoms with Crippen LogP contribution in [0.3, 0.4) is 0 Å². The van der Waals surface area contributed by atoms with Gasteiger partial charge in [0.25, 0.3) is 5.24 Å². The number of carbonyl (C=O) groups is 2. The van der Waals surface area contributed by atoms with Gasteiger partial charge in [0.2, 0.25) is 5.91 Å². The predicted octanol–water partition coefficient (Wildman–Crippen LogP) is 3.09. The van der Waals surface area contributed by atoms with Crippen LogP contribution in [0.4, 0.5) is 4.79 Å². The third-order valence-electron chi connectivity index (χ3n) is 4.50. The summed E-state index contributed by atoms with van der Waals surface area (Å²) in [5.41, 5.74) is 0.981. The van der Waals surface area contributed by atoms with Gasteiger partial charge in [-0.2, -0.15) is 0 Å². The fraction of sp³-hybridized carbons (Fsp3) is 0.364. The molecule has 1 fully saturated rings. The van der Waals surface area contributed by atoms with E-state index in [2.05, 4.69) is 10.6 Å². The fourth-order valence-corrected chi connectivity index (χ4v) is 4.56. The van der Waals surface area contributed by atoms with Gasteiger partial charge in [0.1, 0.15) is 12.4 Å². The third kappa shape index (κ3) is 7.36. The number of hydrogen-bond donors (Lipinski definition) is 3. The van der Waals surface area contributed by atoms with E-state index in [1.165, 1.54) is 0 Å². The number of amides is 2. The second-order valence-corrected chi connectivity index (χ2v) is 9.40. The molecule has 8 heteroatoms. The molecular weight excluding hydrogens is 420 g/mol. The molecule has 1 heterocycles. The van der Waals surface area contributed by atoms with E-state index in [0.717, 1.165) is 28.0 Å². The highest BCUT2D eigenvalue weighted by atomic mass is 32.2. The molecule has 0 aromatic heterocycles. The van der Waals surface area contributed by atoms with Gasteiger partial charge in [-0.15, -0.1) is 11.8 Å². The van der Waals surface area contributed by atoms with E-state index < -0.39 is 6.10 Å². The lowest BCUT2D eigenvalue weighted by molar-refractivity contribution is -0.118. The zero-order valence-corrected chi connectivity index (χ0v) is 18.4. The van der Waals surface area contributed by atoms with Crippen molar-refractivity contribution in [2.75, 3.05) is 18.9 Å². The van der Waals surface area contributed by atoms with Crippen molar-refractivity contribution >= 4 is 34.7 Å². The lowest BCUT2D eigenvalue weighted by Gasteiger charge is -2.18. The van der Waals surface area contributed by atoms with E-state index in [9.17, 15) is 14.7 Å². The Morgan fingerprint density at radius 3 is 2.57 bits per heavy atom. The number of imide groups is 1. The van der Waals surface area contributed by atoms with Gasteiger partial charge < -0.3 is 15.2 Å². The molecule has 3 atom stereocenters. The van der Waals surface area contributed by atoms with Crippen LogP contribution >= 0.6 is 23.5 Å². The van der Waals surface area contributed by atoms with Crippen LogP contribution in [-0.2, 0) is 11.2 Å². The van der Waals surface area contributed by atoms with Gasteiger partial charge >= 0.3 is 0 Å². The monoisotopic (exact) mass is 446 g/mol. The maximum absolute atomic E-state index is 11.7. The quantitative estimate of drug-likeness (QED) is 0.457. The zero-order chi connectivity index (χ0) is 21.3. The van der Waals surface area contributed by atoms with Gasteiger partial charge in [-0.25, -0.2) is 0 Å². The Balaban J connectivity index is 1.33. The van der Waals surface area contributed by atoms with Gasteiger partial charge in [-0.05, 0) is 43.2 Å². The molecule has 3 unspecified atom stereocenters. The van der Waals surface area contributed by atoms with Crippen LogP contribution < -0.4 is 15.4 Å². The van der Waals surface area contributed by atoms with Crippen molar-refractivity contribution in [3.8, 4) is 5.75 Å². The molecule has 1 saturated heterocycles. The lowest BCUT2D eigenvalue weighted by atomic mass is 10.1. The summed E-state index contributed by atoms with van der Waals surface area (Å²) in [6, 6.07) is 17.7. The topological polar surface area (TPSA) is 87.7 Å². The van der Waals surface area contributed by atoms with Crippen LogP contribution in [0, 0.1) is 0 Å². The summed E-state index contributed by atoms with van der Waals surface area (Å²) in [6.07, 6.45) is 0.0776. The largest absolute Gasteiger partial charge is 0.492 e. The molecule has 6 nitrogen and oxygen atoms in total. The van der Waals surface area contributed by atoms with Crippen molar-refractivity contribution in [2.24, 2.45) is 0 Å². The summed E-state index contributed by atoms with van der Waals surface area (Å²) in [4.78, 5) is 24.0. The molecule has 2 aromatic rings. The van der Waals surface area contributed by atoms with Crippen molar-refractivity contribution < 1.29 is 19.4 Å². The second-order valence-electron chi connectivity index (χ2n) is 7.13. The van der Waals surface area contributed by atoms with Crippen molar-refractivity contribution in [3.63, 3.8) is 0 Å². The smallest absolute Gasteiger partial charge is 0.286 e. The molecule has 1 aliphatic rings. The first-order chi connectivity index (χ1) is 14.5. The van der Waals surface area contributed by atoms with Crippen LogP contribution in [0.5, 0.6) is 5.75 Å². The highest BCUT2D eigenvalue weighted by Crippen LogP contribution is 2.24. The Morgan fingerprint density at radius 2 is 1.90 bits per heavy atom. The molecule has 0 radical (unpaired) electrons. The van der Waals surface area contributed by atoms with E-state index in [1.54, 1.807) is 11.8 Å². The van der Waals surface area contributed by atoms with E-state index in [-0.39, 0.29) is 22.4 Å². The van der Waals surface area contributed by atoms with Crippen LogP contribution in [0.15, 0.2) is 59.5 Å². The molecule has 0 aliphatic carbocycles. The molecule has 3 rings (SSSR count). The standard InChI is InChI=1S/C22H26N2O4S2/c1-15(23-12-17(25)14-29-19-5-3-2-4-6-19)13-28-18-9-7-16(8-10-18)11-20-21(26)24-22(27)30-20/h2-10,15,17,20,23,25H,11-14H2,1H3,(H,24,26,27). The third-order valence-corrected chi connectivity index (χ3v) is 6.64. The van der Waals surface area contributed by atoms with Crippen LogP contribution in [0.25, 0.3) is 0 Å². The number of benzene rings is 2. The summed E-state index contributed by atoms with van der Waals surface area (Å²) < 4.78 is 5.80. The first kappa shape index (κ1) is 22.7. The van der Waals surface area contributed by atoms with E-state index in [4.69, 9.17) is 4.74 Å². The van der Waals surface area contributed by atoms with E-state index in [0.29, 0.717) is 25.3 Å². The molecule has 2 amide bonds. The number of ether oxygens (including phenoxy) is 1. The molecule has 30 heavy (non-hydrogen) atoms. The normalized spacial score (nSPS) is 18.1. The maximum Gasteiger partial charge on any atom is 0.286 e. The van der Waals surface area contributed by atoms with Crippen LogP contribution in [0.2, 0.25) is 0 Å². The van der Waals surface area contributed by atoms with Crippen LogP contribution in [0.1, 0.15) is 12.5 Å². The number of nitrogens with one attached hydrogen (secondary N) is 2. The Morgan fingerprint density at radius 1 is 1.17 bits per heavy atom. The summed E-state index contributed by atoms with van der Waals surface area (Å²) >= 11 is 2.67. The molecule has 0 spiro atoms. The molecular formula is C22H26N2O4S2. The highest BCUT2D eigenvalue weighted by molar-refractivity contribution is 8.15. The number of aliphatic hydroxyl groups excluding tert-OH is 1. The number of rotatable bonds is 11. The van der Waals surface area contributed by atoms with E-state index >= 15 is 0 Å². The minimum atomic E-state index is -0.436. The molecule has 0 saturated carbocycles. The number of thioether (sulfide) groups is 2. The average molecular weight is 447 g/mol. The molecule has 2 aromatic carbocycles. The first-order valence-corrected chi connectivity index (χ1v) is 11.7. The second kappa shape index (κ2) is 11.4. The Hall–Kier alpha value is -2.00. The Labute approximate surface area is 185 Å². The van der Waals surface area contributed by atoms with Crippen molar-refractivity contribution in [3.05, 3.63) is 60.2 Å². The van der Waals surface area contributed by atoms with Gasteiger partial charge in [-0.3, -0.25) is 14.9 Å². The summed E-state index contributed by atoms with van der Waals surface area (Å²) in [5.74, 6) is 1.15. The summed E-state index contributed by atoms with van der Waals surface area (Å²) in [7, 11) is 0. The van der Waals surface area contributed by atoms with E-state index in [1.807, 2.05) is 61.5 Å². The molecule has 3 N–H and O–H groups in total. The van der Waals surface area contributed by atoms with Crippen LogP contribution in [-0.4, -0.2) is 52.6 Å². The molecule has 160 valence electrons. The van der Waals surface area contributed by atoms with Gasteiger partial charge in [0.05, 0.1) is 11.4 Å². The summed E-state index contributed by atoms with van der Waals surface area (Å²) in [6.45, 7) is 2.99. The summed E-state index contributed by atoms with van der Waals surface area (Å²) in [5, 5.41) is 15.1. The van der Waals surface area contributed by atoms with Crippen molar-refractivity contribution in [1.82, 2.24) is 10.6 Å². The maximum atomic E-state index is 11.7. The van der Waals surface area contributed by atoms with Gasteiger partial charge in [0, 0.05) is 23.2 Å². The lowest BCUT2D eigenvalue weighted by Crippen LogP contribution is -2.38. The zero-order valence-electron chi connectivity index (χ0n) is 16.7. The first-order valence-electron chi connectivity index (χ1n) is 9.82. The van der Waals surface area contributed by atoms with Crippen molar-refractivity contribution in [1.29, 1.82) is 0 Å². The highest BCUT2D eigenvalue weighted by Gasteiger charge is 2.31. The Kier molecular flexibility index (Phi) is 8.62. The number of aliphatic hydroxyl groups is 1. The number of carbonyl (C=O) groups excluding carboxylic acids is 2. The molecule has 0 bridgehead atoms.